The zero-order valence-electron chi connectivity index (χ0n) is 10.3. The summed E-state index contributed by atoms with van der Waals surface area (Å²) in [7, 11) is -4.42. The topological polar surface area (TPSA) is 61.2 Å². The van der Waals surface area contributed by atoms with Crippen LogP contribution in [0.2, 0.25) is 5.02 Å². The van der Waals surface area contributed by atoms with Crippen LogP contribution in [-0.4, -0.2) is 32.0 Å². The lowest BCUT2D eigenvalue weighted by Gasteiger charge is -2.22. The molecule has 0 saturated heterocycles. The predicted molar refractivity (Wildman–Crippen MR) is 66.7 cm³/mol. The minimum absolute atomic E-state index is 0.00367. The van der Waals surface area contributed by atoms with Crippen molar-refractivity contribution in [1.82, 2.24) is 4.31 Å². The van der Waals surface area contributed by atoms with Crippen LogP contribution in [0.1, 0.15) is 12.5 Å². The number of benzene rings is 1. The molecule has 1 aromatic rings. The monoisotopic (exact) mass is 326 g/mol. The summed E-state index contributed by atoms with van der Waals surface area (Å²) in [5.74, 6) is 0. The van der Waals surface area contributed by atoms with Crippen LogP contribution in [0.3, 0.4) is 0 Å². The Morgan fingerprint density at radius 2 is 2.00 bits per heavy atom. The number of rotatable bonds is 4. The zero-order valence-corrected chi connectivity index (χ0v) is 11.8. The number of alkyl halides is 3. The van der Waals surface area contributed by atoms with Gasteiger partial charge in [-0.15, -0.1) is 0 Å². The van der Waals surface area contributed by atoms with Gasteiger partial charge < -0.3 is 0 Å². The molecule has 9 heteroatoms. The van der Waals surface area contributed by atoms with Gasteiger partial charge in [-0.2, -0.15) is 22.7 Å². The molecule has 0 atom stereocenters. The molecule has 110 valence electrons. The highest BCUT2D eigenvalue weighted by Crippen LogP contribution is 2.28. The predicted octanol–water partition coefficient (Wildman–Crippen LogP) is 2.78. The number of nitriles is 1. The molecule has 1 aromatic carbocycles. The molecule has 1 rings (SSSR count). The van der Waals surface area contributed by atoms with Crippen LogP contribution in [0.5, 0.6) is 0 Å². The largest absolute Gasteiger partial charge is 0.402 e. The molecule has 0 N–H and O–H groups in total. The Kier molecular flexibility index (Phi) is 5.02. The average molecular weight is 327 g/mol. The van der Waals surface area contributed by atoms with Gasteiger partial charge in [0, 0.05) is 6.54 Å². The van der Waals surface area contributed by atoms with Gasteiger partial charge >= 0.3 is 6.18 Å². The Morgan fingerprint density at radius 3 is 2.45 bits per heavy atom. The number of hydrogen-bond acceptors (Lipinski definition) is 3. The summed E-state index contributed by atoms with van der Waals surface area (Å²) < 4.78 is 61.8. The van der Waals surface area contributed by atoms with Gasteiger partial charge in [-0.3, -0.25) is 0 Å². The third-order valence-corrected chi connectivity index (χ3v) is 4.79. The van der Waals surface area contributed by atoms with Gasteiger partial charge in [-0.1, -0.05) is 18.5 Å². The highest BCUT2D eigenvalue weighted by molar-refractivity contribution is 7.89. The molecule has 4 nitrogen and oxygen atoms in total. The van der Waals surface area contributed by atoms with Crippen molar-refractivity contribution < 1.29 is 21.6 Å². The van der Waals surface area contributed by atoms with E-state index in [-0.39, 0.29) is 21.4 Å². The first-order valence-corrected chi connectivity index (χ1v) is 7.20. The molecule has 0 unspecified atom stereocenters. The Labute approximate surface area is 119 Å². The first-order chi connectivity index (χ1) is 9.11. The van der Waals surface area contributed by atoms with Gasteiger partial charge in [0.15, 0.2) is 0 Å². The second kappa shape index (κ2) is 5.99. The Bertz CT molecular complexity index is 638. The molecule has 0 radical (unpaired) electrons. The number of sulfonamides is 1. The standard InChI is InChI=1S/C11H10ClF3N2O2S/c1-2-17(7-11(13,14)15)20(18,19)10-5-8(6-16)3-4-9(10)12/h3-5H,2,7H2,1H3. The molecule has 0 spiro atoms. The summed E-state index contributed by atoms with van der Waals surface area (Å²) in [5, 5.41) is 8.49. The molecule has 0 aromatic heterocycles. The van der Waals surface area contributed by atoms with E-state index < -0.39 is 27.6 Å². The van der Waals surface area contributed by atoms with E-state index in [9.17, 15) is 21.6 Å². The van der Waals surface area contributed by atoms with Gasteiger partial charge in [0.2, 0.25) is 10.0 Å². The minimum atomic E-state index is -4.66. The van der Waals surface area contributed by atoms with Gasteiger partial charge in [0.25, 0.3) is 0 Å². The van der Waals surface area contributed by atoms with Crippen LogP contribution in [0.15, 0.2) is 23.1 Å². The second-order valence-electron chi connectivity index (χ2n) is 3.80. The maximum Gasteiger partial charge on any atom is 0.402 e. The highest BCUT2D eigenvalue weighted by Gasteiger charge is 2.37. The normalized spacial score (nSPS) is 12.4. The Hall–Kier alpha value is -1.30. The van der Waals surface area contributed by atoms with Crippen molar-refractivity contribution in [2.24, 2.45) is 0 Å². The molecule has 0 aliphatic rings. The van der Waals surface area contributed by atoms with Gasteiger partial charge in [-0.05, 0) is 18.2 Å². The van der Waals surface area contributed by atoms with Crippen LogP contribution in [-0.2, 0) is 10.0 Å². The summed E-state index contributed by atoms with van der Waals surface area (Å²) in [6.45, 7) is -0.695. The maximum atomic E-state index is 12.4. The minimum Gasteiger partial charge on any atom is -0.207 e. The molecule has 0 aliphatic heterocycles. The number of nitrogens with zero attached hydrogens (tertiary/aromatic N) is 2. The van der Waals surface area contributed by atoms with Crippen LogP contribution in [0.4, 0.5) is 13.2 Å². The summed E-state index contributed by atoms with van der Waals surface area (Å²) in [6, 6.07) is 5.10. The summed E-state index contributed by atoms with van der Waals surface area (Å²) in [5.41, 5.74) is -0.00367. The van der Waals surface area contributed by atoms with E-state index in [1.165, 1.54) is 13.0 Å². The van der Waals surface area contributed by atoms with Crippen molar-refractivity contribution in [3.63, 3.8) is 0 Å². The molecular formula is C11H10ClF3N2O2S. The lowest BCUT2D eigenvalue weighted by Crippen LogP contribution is -2.38. The maximum absolute atomic E-state index is 12.4. The van der Waals surface area contributed by atoms with E-state index in [1.54, 1.807) is 6.07 Å². The van der Waals surface area contributed by atoms with Crippen LogP contribution in [0, 0.1) is 11.3 Å². The number of hydrogen-bond donors (Lipinski definition) is 0. The van der Waals surface area contributed by atoms with E-state index in [0.717, 1.165) is 12.1 Å². The highest BCUT2D eigenvalue weighted by atomic mass is 35.5. The van der Waals surface area contributed by atoms with E-state index in [1.807, 2.05) is 0 Å². The van der Waals surface area contributed by atoms with Crippen molar-refractivity contribution in [3.8, 4) is 6.07 Å². The van der Waals surface area contributed by atoms with Crippen LogP contribution < -0.4 is 0 Å². The third kappa shape index (κ3) is 3.85. The van der Waals surface area contributed by atoms with Crippen molar-refractivity contribution in [2.45, 2.75) is 18.0 Å². The fourth-order valence-electron chi connectivity index (χ4n) is 1.48. The molecular weight excluding hydrogens is 317 g/mol. The molecule has 0 fully saturated rings. The molecule has 0 heterocycles. The third-order valence-electron chi connectivity index (χ3n) is 2.39. The molecule has 0 saturated carbocycles. The van der Waals surface area contributed by atoms with Gasteiger partial charge in [-0.25, -0.2) is 8.42 Å². The number of halogens is 4. The fourth-order valence-corrected chi connectivity index (χ4v) is 3.41. The molecule has 0 amide bonds. The van der Waals surface area contributed by atoms with E-state index in [4.69, 9.17) is 16.9 Å². The molecule has 0 aliphatic carbocycles. The molecule has 20 heavy (non-hydrogen) atoms. The quantitative estimate of drug-likeness (QED) is 0.854. The van der Waals surface area contributed by atoms with E-state index in [0.29, 0.717) is 0 Å². The molecule has 0 bridgehead atoms. The van der Waals surface area contributed by atoms with Gasteiger partial charge in [0.1, 0.15) is 11.4 Å². The Morgan fingerprint density at radius 1 is 1.40 bits per heavy atom. The Balaban J connectivity index is 3.31. The first-order valence-electron chi connectivity index (χ1n) is 5.38. The van der Waals surface area contributed by atoms with Crippen molar-refractivity contribution in [2.75, 3.05) is 13.1 Å². The van der Waals surface area contributed by atoms with Crippen molar-refractivity contribution in [1.29, 1.82) is 5.26 Å². The lowest BCUT2D eigenvalue weighted by molar-refractivity contribution is -0.135. The first kappa shape index (κ1) is 16.8. The van der Waals surface area contributed by atoms with Crippen LogP contribution in [0.25, 0.3) is 0 Å². The lowest BCUT2D eigenvalue weighted by atomic mass is 10.2. The van der Waals surface area contributed by atoms with Gasteiger partial charge in [0.05, 0.1) is 16.7 Å². The van der Waals surface area contributed by atoms with E-state index in [2.05, 4.69) is 0 Å². The zero-order chi connectivity index (χ0) is 15.6. The van der Waals surface area contributed by atoms with E-state index >= 15 is 0 Å². The SMILES string of the molecule is CCN(CC(F)(F)F)S(=O)(=O)c1cc(C#N)ccc1Cl. The fraction of sp³-hybridized carbons (Fsp3) is 0.364. The average Bonchev–Trinajstić information content (AvgIpc) is 2.35. The van der Waals surface area contributed by atoms with Crippen molar-refractivity contribution >= 4 is 21.6 Å². The second-order valence-corrected chi connectivity index (χ2v) is 6.12. The van der Waals surface area contributed by atoms with Crippen molar-refractivity contribution in [3.05, 3.63) is 28.8 Å². The summed E-state index contributed by atoms with van der Waals surface area (Å²) in [6.07, 6.45) is -4.66. The smallest absolute Gasteiger partial charge is 0.207 e. The van der Waals surface area contributed by atoms with Crippen LogP contribution >= 0.6 is 11.6 Å². The summed E-state index contributed by atoms with van der Waals surface area (Å²) in [4.78, 5) is -0.510. The summed E-state index contributed by atoms with van der Waals surface area (Å²) >= 11 is 5.71.